The van der Waals surface area contributed by atoms with Gasteiger partial charge in [0.25, 0.3) is 5.91 Å². The summed E-state index contributed by atoms with van der Waals surface area (Å²) in [5.41, 5.74) is 5.75. The van der Waals surface area contributed by atoms with E-state index in [-0.39, 0.29) is 5.91 Å². The third-order valence-electron chi connectivity index (χ3n) is 4.20. The normalized spacial score (nSPS) is 10.8. The van der Waals surface area contributed by atoms with Crippen molar-refractivity contribution in [1.82, 2.24) is 5.43 Å². The summed E-state index contributed by atoms with van der Waals surface area (Å²) in [6.07, 6.45) is 1.48. The Labute approximate surface area is 185 Å². The quantitative estimate of drug-likeness (QED) is 0.379. The number of nitrogens with zero attached hydrogens (tertiary/aromatic N) is 1. The molecule has 0 aliphatic heterocycles. The Balaban J connectivity index is 1.69. The van der Waals surface area contributed by atoms with E-state index in [1.54, 1.807) is 36.4 Å². The van der Waals surface area contributed by atoms with Crippen LogP contribution in [-0.2, 0) is 6.61 Å². The number of aryl methyl sites for hydroxylation is 1. The highest BCUT2D eigenvalue weighted by Crippen LogP contribution is 2.36. The first kappa shape index (κ1) is 21.7. The number of nitrogens with one attached hydrogen (secondary N) is 1. The van der Waals surface area contributed by atoms with Gasteiger partial charge in [-0.1, -0.05) is 53.0 Å². The summed E-state index contributed by atoms with van der Waals surface area (Å²) in [6.45, 7) is 2.39. The minimum atomic E-state index is -0.348. The van der Waals surface area contributed by atoms with Gasteiger partial charge in [-0.2, -0.15) is 5.10 Å². The highest BCUT2D eigenvalue weighted by molar-refractivity contribution is 6.32. The molecule has 1 N–H and O–H groups in total. The van der Waals surface area contributed by atoms with Crippen LogP contribution in [0.4, 0.5) is 0 Å². The summed E-state index contributed by atoms with van der Waals surface area (Å²) in [5.74, 6) is 0.572. The molecule has 30 heavy (non-hydrogen) atoms. The number of methoxy groups -OCH3 is 1. The molecular weight excluding hydrogens is 423 g/mol. The van der Waals surface area contributed by atoms with Gasteiger partial charge in [0.1, 0.15) is 6.61 Å². The molecule has 5 nitrogen and oxygen atoms in total. The number of amides is 1. The van der Waals surface area contributed by atoms with Gasteiger partial charge < -0.3 is 9.47 Å². The van der Waals surface area contributed by atoms with Crippen molar-refractivity contribution >= 4 is 35.3 Å². The summed E-state index contributed by atoms with van der Waals surface area (Å²) >= 11 is 12.2. The molecule has 0 fully saturated rings. The van der Waals surface area contributed by atoms with Crippen molar-refractivity contribution in [2.24, 2.45) is 5.10 Å². The first-order valence-corrected chi connectivity index (χ1v) is 9.86. The highest BCUT2D eigenvalue weighted by Gasteiger charge is 2.12. The number of carbonyl (C=O) groups is 1. The van der Waals surface area contributed by atoms with E-state index in [4.69, 9.17) is 32.7 Å². The number of hydrazone groups is 1. The lowest BCUT2D eigenvalue weighted by Gasteiger charge is -2.13. The molecule has 3 aromatic rings. The highest BCUT2D eigenvalue weighted by atomic mass is 35.5. The zero-order chi connectivity index (χ0) is 21.5. The largest absolute Gasteiger partial charge is 0.493 e. The number of hydrogen-bond acceptors (Lipinski definition) is 4. The second-order valence-electron chi connectivity index (χ2n) is 6.52. The third-order valence-corrected chi connectivity index (χ3v) is 4.74. The second-order valence-corrected chi connectivity index (χ2v) is 7.36. The van der Waals surface area contributed by atoms with Crippen molar-refractivity contribution in [3.05, 3.63) is 93.0 Å². The number of rotatable bonds is 7. The van der Waals surface area contributed by atoms with Crippen LogP contribution in [0.5, 0.6) is 11.5 Å². The molecule has 0 saturated heterocycles. The Morgan fingerprint density at radius 3 is 2.57 bits per heavy atom. The maximum atomic E-state index is 12.1. The molecule has 0 atom stereocenters. The lowest BCUT2D eigenvalue weighted by molar-refractivity contribution is 0.0955. The van der Waals surface area contributed by atoms with Gasteiger partial charge in [-0.3, -0.25) is 4.79 Å². The smallest absolute Gasteiger partial charge is 0.271 e. The van der Waals surface area contributed by atoms with E-state index in [1.165, 1.54) is 13.3 Å². The minimum absolute atomic E-state index is 0.348. The molecule has 0 aromatic heterocycles. The molecule has 0 bridgehead atoms. The summed E-state index contributed by atoms with van der Waals surface area (Å²) in [7, 11) is 1.54. The van der Waals surface area contributed by atoms with E-state index in [0.717, 1.165) is 11.1 Å². The van der Waals surface area contributed by atoms with Gasteiger partial charge in [0.15, 0.2) is 11.5 Å². The number of carbonyl (C=O) groups excluding carboxylic acids is 1. The van der Waals surface area contributed by atoms with Gasteiger partial charge in [-0.15, -0.1) is 0 Å². The van der Waals surface area contributed by atoms with E-state index < -0.39 is 0 Å². The maximum Gasteiger partial charge on any atom is 0.271 e. The predicted octanol–water partition coefficient (Wildman–Crippen LogP) is 5.65. The molecule has 154 valence electrons. The summed E-state index contributed by atoms with van der Waals surface area (Å²) in [5, 5.41) is 4.92. The first-order chi connectivity index (χ1) is 14.5. The van der Waals surface area contributed by atoms with Gasteiger partial charge in [0.2, 0.25) is 0 Å². The van der Waals surface area contributed by atoms with Crippen LogP contribution in [0.3, 0.4) is 0 Å². The second kappa shape index (κ2) is 10.1. The Morgan fingerprint density at radius 2 is 1.87 bits per heavy atom. The minimum Gasteiger partial charge on any atom is -0.493 e. The van der Waals surface area contributed by atoms with Crippen molar-refractivity contribution in [3.8, 4) is 11.5 Å². The molecule has 3 aromatic carbocycles. The molecule has 0 spiro atoms. The standard InChI is InChI=1S/C23H20Cl2N2O3/c1-15-4-3-5-16(10-15)14-30-22-20(25)11-17(12-21(22)29-2)13-26-27-23(28)18-6-8-19(24)9-7-18/h3-13H,14H2,1-2H3,(H,27,28)/b26-13-. The zero-order valence-corrected chi connectivity index (χ0v) is 18.0. The fourth-order valence-electron chi connectivity index (χ4n) is 2.74. The first-order valence-electron chi connectivity index (χ1n) is 9.11. The lowest BCUT2D eigenvalue weighted by atomic mass is 10.1. The molecule has 7 heteroatoms. The average molecular weight is 443 g/mol. The zero-order valence-electron chi connectivity index (χ0n) is 16.5. The van der Waals surface area contributed by atoms with Crippen LogP contribution in [0.15, 0.2) is 65.8 Å². The maximum absolute atomic E-state index is 12.1. The molecule has 0 aliphatic rings. The molecule has 3 rings (SSSR count). The molecule has 0 heterocycles. The average Bonchev–Trinajstić information content (AvgIpc) is 2.73. The van der Waals surface area contributed by atoms with Crippen LogP contribution in [0.25, 0.3) is 0 Å². The van der Waals surface area contributed by atoms with Gasteiger partial charge in [-0.05, 0) is 54.4 Å². The van der Waals surface area contributed by atoms with Crippen molar-refractivity contribution in [1.29, 1.82) is 0 Å². The Hall–Kier alpha value is -3.02. The van der Waals surface area contributed by atoms with Crippen LogP contribution < -0.4 is 14.9 Å². The van der Waals surface area contributed by atoms with Gasteiger partial charge in [0, 0.05) is 10.6 Å². The van der Waals surface area contributed by atoms with Crippen LogP contribution in [-0.4, -0.2) is 19.2 Å². The van der Waals surface area contributed by atoms with E-state index in [1.807, 2.05) is 31.2 Å². The predicted molar refractivity (Wildman–Crippen MR) is 120 cm³/mol. The van der Waals surface area contributed by atoms with Crippen molar-refractivity contribution < 1.29 is 14.3 Å². The van der Waals surface area contributed by atoms with E-state index in [2.05, 4.69) is 10.5 Å². The third kappa shape index (κ3) is 5.75. The van der Waals surface area contributed by atoms with Crippen LogP contribution in [0.2, 0.25) is 10.0 Å². The number of ether oxygens (including phenoxy) is 2. The van der Waals surface area contributed by atoms with Gasteiger partial charge >= 0.3 is 0 Å². The molecule has 0 unspecified atom stereocenters. The molecule has 1 amide bonds. The van der Waals surface area contributed by atoms with Crippen molar-refractivity contribution in [3.63, 3.8) is 0 Å². The van der Waals surface area contributed by atoms with E-state index in [0.29, 0.717) is 39.3 Å². The van der Waals surface area contributed by atoms with Crippen molar-refractivity contribution in [2.45, 2.75) is 13.5 Å². The van der Waals surface area contributed by atoms with Gasteiger partial charge in [0.05, 0.1) is 18.3 Å². The molecule has 0 aliphatic carbocycles. The molecule has 0 radical (unpaired) electrons. The van der Waals surface area contributed by atoms with Crippen LogP contribution in [0, 0.1) is 6.92 Å². The topological polar surface area (TPSA) is 59.9 Å². The van der Waals surface area contributed by atoms with E-state index >= 15 is 0 Å². The monoisotopic (exact) mass is 442 g/mol. The number of halogens is 2. The summed E-state index contributed by atoms with van der Waals surface area (Å²) in [6, 6.07) is 18.0. The fraction of sp³-hybridized carbons (Fsp3) is 0.130. The Morgan fingerprint density at radius 1 is 1.10 bits per heavy atom. The SMILES string of the molecule is COc1cc(/C=N\NC(=O)c2ccc(Cl)cc2)cc(Cl)c1OCc1cccc(C)c1. The Bertz CT molecular complexity index is 1070. The Kier molecular flexibility index (Phi) is 7.33. The summed E-state index contributed by atoms with van der Waals surface area (Å²) < 4.78 is 11.3. The molecular formula is C23H20Cl2N2O3. The lowest BCUT2D eigenvalue weighted by Crippen LogP contribution is -2.17. The summed E-state index contributed by atoms with van der Waals surface area (Å²) in [4.78, 5) is 12.1. The fourth-order valence-corrected chi connectivity index (χ4v) is 3.14. The van der Waals surface area contributed by atoms with Crippen LogP contribution >= 0.6 is 23.2 Å². The molecule has 0 saturated carbocycles. The van der Waals surface area contributed by atoms with Crippen molar-refractivity contribution in [2.75, 3.05) is 7.11 Å². The van der Waals surface area contributed by atoms with Crippen LogP contribution in [0.1, 0.15) is 27.0 Å². The van der Waals surface area contributed by atoms with E-state index in [9.17, 15) is 4.79 Å². The van der Waals surface area contributed by atoms with Gasteiger partial charge in [-0.25, -0.2) is 5.43 Å². The number of hydrogen-bond donors (Lipinski definition) is 1. The number of benzene rings is 3.